The number of carbonyl (C=O) groups excluding carboxylic acids is 1. The van der Waals surface area contributed by atoms with Crippen molar-refractivity contribution in [3.8, 4) is 0 Å². The van der Waals surface area contributed by atoms with Gasteiger partial charge in [-0.2, -0.15) is 0 Å². The summed E-state index contributed by atoms with van der Waals surface area (Å²) < 4.78 is 1.91. The van der Waals surface area contributed by atoms with E-state index in [0.717, 1.165) is 20.1 Å². The Morgan fingerprint density at radius 3 is 2.06 bits per heavy atom. The lowest BCUT2D eigenvalue weighted by Gasteiger charge is -2.06. The summed E-state index contributed by atoms with van der Waals surface area (Å²) in [7, 11) is 0. The minimum atomic E-state index is 0.123. The van der Waals surface area contributed by atoms with Gasteiger partial charge in [0.15, 0.2) is 5.78 Å². The molecule has 0 aromatic heterocycles. The van der Waals surface area contributed by atoms with Crippen LogP contribution in [0.15, 0.2) is 57.5 Å². The fraction of sp³-hybridized carbons (Fsp3) is 0.0714. The van der Waals surface area contributed by atoms with E-state index in [9.17, 15) is 4.79 Å². The normalized spacial score (nSPS) is 10.2. The van der Waals surface area contributed by atoms with Crippen molar-refractivity contribution in [1.29, 1.82) is 0 Å². The summed E-state index contributed by atoms with van der Waals surface area (Å²) in [5, 5.41) is 0. The molecule has 3 heteroatoms. The van der Waals surface area contributed by atoms with Gasteiger partial charge >= 0.3 is 0 Å². The predicted octanol–water partition coefficient (Wildman–Crippen LogP) is 4.64. The number of benzene rings is 2. The molecular formula is C14H10Br2O. The van der Waals surface area contributed by atoms with Crippen LogP contribution >= 0.6 is 31.9 Å². The lowest BCUT2D eigenvalue weighted by molar-refractivity contribution is 0.0992. The predicted molar refractivity (Wildman–Crippen MR) is 76.3 cm³/mol. The van der Waals surface area contributed by atoms with E-state index in [4.69, 9.17) is 0 Å². The Bertz CT molecular complexity index is 515. The molecule has 2 rings (SSSR count). The van der Waals surface area contributed by atoms with Gasteiger partial charge in [-0.3, -0.25) is 4.79 Å². The van der Waals surface area contributed by atoms with Gasteiger partial charge in [0.05, 0.1) is 0 Å². The van der Waals surface area contributed by atoms with Crippen molar-refractivity contribution in [2.45, 2.75) is 6.42 Å². The summed E-state index contributed by atoms with van der Waals surface area (Å²) >= 11 is 6.93. The third kappa shape index (κ3) is 3.05. The molecule has 1 nitrogen and oxygen atoms in total. The standard InChI is InChI=1S/C14H10Br2O/c15-12-7-4-8-13(16)11(12)9-14(17)10-5-2-1-3-6-10/h1-8H,9H2. The Morgan fingerprint density at radius 1 is 0.882 bits per heavy atom. The molecule has 0 amide bonds. The first-order valence-corrected chi connectivity index (χ1v) is 6.78. The van der Waals surface area contributed by atoms with Crippen LogP contribution in [0.4, 0.5) is 0 Å². The van der Waals surface area contributed by atoms with Gasteiger partial charge in [0.2, 0.25) is 0 Å². The summed E-state index contributed by atoms with van der Waals surface area (Å²) in [6.45, 7) is 0. The fourth-order valence-corrected chi connectivity index (χ4v) is 2.87. The van der Waals surface area contributed by atoms with Crippen LogP contribution in [0.25, 0.3) is 0 Å². The highest BCUT2D eigenvalue weighted by atomic mass is 79.9. The molecule has 0 unspecified atom stereocenters. The third-order valence-electron chi connectivity index (χ3n) is 2.49. The Morgan fingerprint density at radius 2 is 1.47 bits per heavy atom. The van der Waals surface area contributed by atoms with Gasteiger partial charge in [0.25, 0.3) is 0 Å². The van der Waals surface area contributed by atoms with Crippen LogP contribution in [0.3, 0.4) is 0 Å². The molecule has 0 saturated heterocycles. The second kappa shape index (κ2) is 5.61. The number of carbonyl (C=O) groups is 1. The molecule has 17 heavy (non-hydrogen) atoms. The van der Waals surface area contributed by atoms with Crippen molar-refractivity contribution >= 4 is 37.6 Å². The van der Waals surface area contributed by atoms with Gasteiger partial charge in [-0.15, -0.1) is 0 Å². The molecule has 2 aromatic rings. The molecule has 0 bridgehead atoms. The summed E-state index contributed by atoms with van der Waals surface area (Å²) in [5.74, 6) is 0.123. The van der Waals surface area contributed by atoms with E-state index in [1.807, 2.05) is 48.5 Å². The van der Waals surface area contributed by atoms with E-state index >= 15 is 0 Å². The second-order valence-electron chi connectivity index (χ2n) is 3.67. The largest absolute Gasteiger partial charge is 0.294 e. The quantitative estimate of drug-likeness (QED) is 0.735. The number of Topliss-reactive ketones (excluding diaryl/α,β-unsaturated/α-hetero) is 1. The first-order valence-electron chi connectivity index (χ1n) is 5.19. The van der Waals surface area contributed by atoms with E-state index < -0.39 is 0 Å². The van der Waals surface area contributed by atoms with Crippen LogP contribution in [0.5, 0.6) is 0 Å². The van der Waals surface area contributed by atoms with Gasteiger partial charge in [-0.05, 0) is 17.7 Å². The Balaban J connectivity index is 2.25. The first kappa shape index (κ1) is 12.5. The van der Waals surface area contributed by atoms with Crippen LogP contribution in [0.2, 0.25) is 0 Å². The molecule has 0 aliphatic heterocycles. The second-order valence-corrected chi connectivity index (χ2v) is 5.37. The van der Waals surface area contributed by atoms with Gasteiger partial charge in [0, 0.05) is 20.9 Å². The van der Waals surface area contributed by atoms with Crippen molar-refractivity contribution in [2.24, 2.45) is 0 Å². The molecule has 86 valence electrons. The molecule has 0 saturated carbocycles. The number of hydrogen-bond acceptors (Lipinski definition) is 1. The molecule has 0 N–H and O–H groups in total. The highest BCUT2D eigenvalue weighted by Crippen LogP contribution is 2.26. The maximum absolute atomic E-state index is 12.1. The van der Waals surface area contributed by atoms with E-state index in [0.29, 0.717) is 6.42 Å². The molecule has 2 aromatic carbocycles. The van der Waals surface area contributed by atoms with Crippen LogP contribution in [0, 0.1) is 0 Å². The summed E-state index contributed by atoms with van der Waals surface area (Å²) in [6, 6.07) is 15.2. The fourth-order valence-electron chi connectivity index (χ4n) is 1.59. The number of halogens is 2. The number of rotatable bonds is 3. The molecule has 0 radical (unpaired) electrons. The zero-order valence-electron chi connectivity index (χ0n) is 8.99. The van der Waals surface area contributed by atoms with Gasteiger partial charge in [-0.25, -0.2) is 0 Å². The average Bonchev–Trinajstić information content (AvgIpc) is 2.35. The Labute approximate surface area is 117 Å². The highest BCUT2D eigenvalue weighted by molar-refractivity contribution is 9.11. The SMILES string of the molecule is O=C(Cc1c(Br)cccc1Br)c1ccccc1. The van der Waals surface area contributed by atoms with Crippen molar-refractivity contribution in [3.63, 3.8) is 0 Å². The number of hydrogen-bond donors (Lipinski definition) is 0. The van der Waals surface area contributed by atoms with Crippen molar-refractivity contribution in [1.82, 2.24) is 0 Å². The monoisotopic (exact) mass is 352 g/mol. The van der Waals surface area contributed by atoms with Crippen molar-refractivity contribution in [2.75, 3.05) is 0 Å². The van der Waals surface area contributed by atoms with Crippen LogP contribution < -0.4 is 0 Å². The smallest absolute Gasteiger partial charge is 0.167 e. The van der Waals surface area contributed by atoms with E-state index in [-0.39, 0.29) is 5.78 Å². The van der Waals surface area contributed by atoms with Crippen molar-refractivity contribution < 1.29 is 4.79 Å². The summed E-state index contributed by atoms with van der Waals surface area (Å²) in [4.78, 5) is 12.1. The van der Waals surface area contributed by atoms with Gasteiger partial charge in [-0.1, -0.05) is 68.3 Å². The molecule has 0 atom stereocenters. The topological polar surface area (TPSA) is 17.1 Å². The Kier molecular flexibility index (Phi) is 4.13. The zero-order chi connectivity index (χ0) is 12.3. The molecule has 0 aliphatic carbocycles. The molecule has 0 spiro atoms. The minimum Gasteiger partial charge on any atom is -0.294 e. The molecule has 0 aliphatic rings. The van der Waals surface area contributed by atoms with Crippen LogP contribution in [0.1, 0.15) is 15.9 Å². The molecule has 0 fully saturated rings. The lowest BCUT2D eigenvalue weighted by atomic mass is 10.0. The van der Waals surface area contributed by atoms with Gasteiger partial charge in [0.1, 0.15) is 0 Å². The van der Waals surface area contributed by atoms with E-state index in [1.54, 1.807) is 0 Å². The first-order chi connectivity index (χ1) is 8.18. The number of ketones is 1. The zero-order valence-corrected chi connectivity index (χ0v) is 12.2. The van der Waals surface area contributed by atoms with Crippen LogP contribution in [-0.4, -0.2) is 5.78 Å². The summed E-state index contributed by atoms with van der Waals surface area (Å²) in [6.07, 6.45) is 0.395. The van der Waals surface area contributed by atoms with Gasteiger partial charge < -0.3 is 0 Å². The van der Waals surface area contributed by atoms with Crippen molar-refractivity contribution in [3.05, 3.63) is 68.6 Å². The molecule has 0 heterocycles. The maximum atomic E-state index is 12.1. The molecular weight excluding hydrogens is 344 g/mol. The lowest BCUT2D eigenvalue weighted by Crippen LogP contribution is -2.04. The summed E-state index contributed by atoms with van der Waals surface area (Å²) in [5.41, 5.74) is 1.73. The third-order valence-corrected chi connectivity index (χ3v) is 3.98. The van der Waals surface area contributed by atoms with E-state index in [1.165, 1.54) is 0 Å². The van der Waals surface area contributed by atoms with Crippen LogP contribution in [-0.2, 0) is 6.42 Å². The maximum Gasteiger partial charge on any atom is 0.167 e. The average molecular weight is 354 g/mol. The highest BCUT2D eigenvalue weighted by Gasteiger charge is 2.11. The Hall–Kier alpha value is -0.930. The minimum absolute atomic E-state index is 0.123. The van der Waals surface area contributed by atoms with E-state index in [2.05, 4.69) is 31.9 Å².